The number of hydrogen-bond donors (Lipinski definition) is 1. The molecule has 1 saturated carbocycles. The van der Waals surface area contributed by atoms with Crippen LogP contribution in [-0.4, -0.2) is 43.3 Å². The lowest BCUT2D eigenvalue weighted by molar-refractivity contribution is -0.137. The number of nitrogens with one attached hydrogen (secondary N) is 1. The molecule has 116 valence electrons. The number of hydrogen-bond acceptors (Lipinski definition) is 3. The zero-order valence-corrected chi connectivity index (χ0v) is 13.6. The predicted octanol–water partition coefficient (Wildman–Crippen LogP) is 2.08. The summed E-state index contributed by atoms with van der Waals surface area (Å²) in [6.07, 6.45) is 3.85. The Morgan fingerprint density at radius 3 is 2.15 bits per heavy atom. The molecule has 1 aliphatic carbocycles. The molecule has 0 aromatic heterocycles. The zero-order chi connectivity index (χ0) is 15.3. The van der Waals surface area contributed by atoms with Crippen molar-refractivity contribution in [3.05, 3.63) is 0 Å². The highest BCUT2D eigenvalue weighted by Gasteiger charge is 2.36. The Morgan fingerprint density at radius 1 is 1.10 bits per heavy atom. The van der Waals surface area contributed by atoms with Crippen LogP contribution in [0.3, 0.4) is 0 Å². The predicted molar refractivity (Wildman–Crippen MR) is 81.5 cm³/mol. The first-order chi connectivity index (χ1) is 9.32. The summed E-state index contributed by atoms with van der Waals surface area (Å²) in [5.74, 6) is 0.148. The standard InChI is InChI=1S/C16H30N2O2/c1-11(2)15(19)13-8-6-7-9-14(13)16(20)17-12(3)10-18(4)5/h11-14H,6-10H2,1-5H3,(H,17,20)/t12?,13-,14+/m0/s1. The summed E-state index contributed by atoms with van der Waals surface area (Å²) >= 11 is 0. The van der Waals surface area contributed by atoms with Crippen molar-refractivity contribution in [3.8, 4) is 0 Å². The molecule has 1 amide bonds. The molecule has 0 saturated heterocycles. The van der Waals surface area contributed by atoms with E-state index in [-0.39, 0.29) is 35.5 Å². The number of ketones is 1. The fourth-order valence-corrected chi connectivity index (χ4v) is 3.16. The lowest BCUT2D eigenvalue weighted by Gasteiger charge is -2.31. The summed E-state index contributed by atoms with van der Waals surface area (Å²) in [5.41, 5.74) is 0. The van der Waals surface area contributed by atoms with Crippen LogP contribution in [0.5, 0.6) is 0 Å². The summed E-state index contributed by atoms with van der Waals surface area (Å²) in [7, 11) is 3.99. The lowest BCUT2D eigenvalue weighted by atomic mass is 9.74. The maximum Gasteiger partial charge on any atom is 0.224 e. The van der Waals surface area contributed by atoms with Crippen molar-refractivity contribution in [2.45, 2.75) is 52.5 Å². The molecule has 1 N–H and O–H groups in total. The summed E-state index contributed by atoms with van der Waals surface area (Å²) in [4.78, 5) is 26.8. The van der Waals surface area contributed by atoms with Gasteiger partial charge in [0.1, 0.15) is 5.78 Å². The van der Waals surface area contributed by atoms with Gasteiger partial charge >= 0.3 is 0 Å². The van der Waals surface area contributed by atoms with Gasteiger partial charge in [0.15, 0.2) is 0 Å². The van der Waals surface area contributed by atoms with Crippen molar-refractivity contribution in [3.63, 3.8) is 0 Å². The third kappa shape index (κ3) is 4.89. The van der Waals surface area contributed by atoms with Crippen LogP contribution in [-0.2, 0) is 9.59 Å². The van der Waals surface area contributed by atoms with Gasteiger partial charge in [0.05, 0.1) is 0 Å². The van der Waals surface area contributed by atoms with E-state index in [1.807, 2.05) is 34.9 Å². The molecule has 0 spiro atoms. The zero-order valence-electron chi connectivity index (χ0n) is 13.6. The maximum absolute atomic E-state index is 12.4. The topological polar surface area (TPSA) is 49.4 Å². The van der Waals surface area contributed by atoms with E-state index in [0.29, 0.717) is 0 Å². The molecule has 0 aliphatic heterocycles. The van der Waals surface area contributed by atoms with Crippen molar-refractivity contribution in [2.24, 2.45) is 17.8 Å². The summed E-state index contributed by atoms with van der Waals surface area (Å²) in [6, 6.07) is 0.120. The van der Waals surface area contributed by atoms with Gasteiger partial charge in [-0.05, 0) is 33.9 Å². The van der Waals surface area contributed by atoms with Crippen molar-refractivity contribution < 1.29 is 9.59 Å². The Balaban J connectivity index is 2.65. The molecule has 1 unspecified atom stereocenters. The Hall–Kier alpha value is -0.900. The van der Waals surface area contributed by atoms with Gasteiger partial charge in [-0.1, -0.05) is 26.7 Å². The third-order valence-corrected chi connectivity index (χ3v) is 4.06. The molecular formula is C16H30N2O2. The van der Waals surface area contributed by atoms with E-state index in [0.717, 1.165) is 32.2 Å². The van der Waals surface area contributed by atoms with E-state index in [4.69, 9.17) is 0 Å². The molecule has 1 rings (SSSR count). The average Bonchev–Trinajstić information content (AvgIpc) is 2.36. The fraction of sp³-hybridized carbons (Fsp3) is 0.875. The number of amides is 1. The first-order valence-electron chi connectivity index (χ1n) is 7.81. The minimum Gasteiger partial charge on any atom is -0.352 e. The van der Waals surface area contributed by atoms with Gasteiger partial charge in [-0.15, -0.1) is 0 Å². The normalized spacial score (nSPS) is 24.8. The van der Waals surface area contributed by atoms with Gasteiger partial charge < -0.3 is 10.2 Å². The molecule has 20 heavy (non-hydrogen) atoms. The van der Waals surface area contributed by atoms with Gasteiger partial charge in [0, 0.05) is 30.3 Å². The smallest absolute Gasteiger partial charge is 0.224 e. The first-order valence-corrected chi connectivity index (χ1v) is 7.81. The molecule has 0 aromatic carbocycles. The number of likely N-dealkylation sites (N-methyl/N-ethyl adjacent to an activating group) is 1. The fourth-order valence-electron chi connectivity index (χ4n) is 3.16. The monoisotopic (exact) mass is 282 g/mol. The summed E-state index contributed by atoms with van der Waals surface area (Å²) in [6.45, 7) is 6.70. The van der Waals surface area contributed by atoms with E-state index >= 15 is 0 Å². The van der Waals surface area contributed by atoms with Crippen LogP contribution in [0.4, 0.5) is 0 Å². The molecule has 0 aromatic rings. The number of carbonyl (C=O) groups excluding carboxylic acids is 2. The van der Waals surface area contributed by atoms with Crippen LogP contribution in [0.1, 0.15) is 46.5 Å². The Bertz CT molecular complexity index is 339. The minimum atomic E-state index is -0.122. The summed E-state index contributed by atoms with van der Waals surface area (Å²) in [5, 5.41) is 3.07. The van der Waals surface area contributed by atoms with Crippen molar-refractivity contribution in [1.29, 1.82) is 0 Å². The van der Waals surface area contributed by atoms with E-state index in [2.05, 4.69) is 10.2 Å². The van der Waals surface area contributed by atoms with Crippen molar-refractivity contribution >= 4 is 11.7 Å². The second kappa shape index (κ2) is 7.77. The molecule has 1 aliphatic rings. The largest absolute Gasteiger partial charge is 0.352 e. The van der Waals surface area contributed by atoms with Crippen molar-refractivity contribution in [1.82, 2.24) is 10.2 Å². The number of rotatable bonds is 6. The van der Waals surface area contributed by atoms with Gasteiger partial charge in [-0.3, -0.25) is 9.59 Å². The Kier molecular flexibility index (Phi) is 6.66. The number of nitrogens with zero attached hydrogens (tertiary/aromatic N) is 1. The maximum atomic E-state index is 12.4. The first kappa shape index (κ1) is 17.2. The van der Waals surface area contributed by atoms with Gasteiger partial charge in [-0.2, -0.15) is 0 Å². The van der Waals surface area contributed by atoms with Crippen LogP contribution in [0.2, 0.25) is 0 Å². The molecular weight excluding hydrogens is 252 g/mol. The molecule has 1 fully saturated rings. The van der Waals surface area contributed by atoms with Gasteiger partial charge in [-0.25, -0.2) is 0 Å². The second-order valence-corrected chi connectivity index (χ2v) is 6.73. The SMILES string of the molecule is CC(CN(C)C)NC(=O)[C@@H]1CCCC[C@@H]1C(=O)C(C)C. The van der Waals surface area contributed by atoms with Crippen LogP contribution >= 0.6 is 0 Å². The van der Waals surface area contributed by atoms with E-state index in [1.165, 1.54) is 0 Å². The molecule has 3 atom stereocenters. The van der Waals surface area contributed by atoms with E-state index in [1.54, 1.807) is 0 Å². The van der Waals surface area contributed by atoms with Crippen molar-refractivity contribution in [2.75, 3.05) is 20.6 Å². The highest BCUT2D eigenvalue weighted by Crippen LogP contribution is 2.32. The van der Waals surface area contributed by atoms with Crippen LogP contribution in [0.25, 0.3) is 0 Å². The van der Waals surface area contributed by atoms with Crippen LogP contribution in [0, 0.1) is 17.8 Å². The molecule has 4 nitrogen and oxygen atoms in total. The molecule has 0 bridgehead atoms. The van der Waals surface area contributed by atoms with E-state index in [9.17, 15) is 9.59 Å². The third-order valence-electron chi connectivity index (χ3n) is 4.06. The molecule has 4 heteroatoms. The quantitative estimate of drug-likeness (QED) is 0.811. The molecule has 0 heterocycles. The Labute approximate surface area is 123 Å². The van der Waals surface area contributed by atoms with Crippen LogP contribution in [0.15, 0.2) is 0 Å². The lowest BCUT2D eigenvalue weighted by Crippen LogP contribution is -2.46. The van der Waals surface area contributed by atoms with E-state index < -0.39 is 0 Å². The Morgan fingerprint density at radius 2 is 1.65 bits per heavy atom. The van der Waals surface area contributed by atoms with Gasteiger partial charge in [0.2, 0.25) is 5.91 Å². The van der Waals surface area contributed by atoms with Gasteiger partial charge in [0.25, 0.3) is 0 Å². The minimum absolute atomic E-state index is 0.0209. The molecule has 0 radical (unpaired) electrons. The summed E-state index contributed by atoms with van der Waals surface area (Å²) < 4.78 is 0. The second-order valence-electron chi connectivity index (χ2n) is 6.73. The highest BCUT2D eigenvalue weighted by molar-refractivity contribution is 5.90. The highest BCUT2D eigenvalue weighted by atomic mass is 16.2. The number of carbonyl (C=O) groups is 2. The van der Waals surface area contributed by atoms with Crippen LogP contribution < -0.4 is 5.32 Å². The number of Topliss-reactive ketones (excluding diaryl/α,β-unsaturated/α-hetero) is 1. The average molecular weight is 282 g/mol.